The molecule has 0 radical (unpaired) electrons. The average Bonchev–Trinajstić information content (AvgIpc) is 3.12. The fourth-order valence-corrected chi connectivity index (χ4v) is 4.38. The first-order chi connectivity index (χ1) is 9.83. The standard InChI is InChI=1S/C16H26N2OS/c19-15(16-4-2-10-20-16)11-14-3-1-9-18(14)12-13-5-7-17-8-6-13/h2,4,10,13-15,17,19H,1,3,5-9,11-12H2. The molecule has 20 heavy (non-hydrogen) atoms. The highest BCUT2D eigenvalue weighted by atomic mass is 32.1. The van der Waals surface area contributed by atoms with E-state index in [1.165, 1.54) is 51.9 Å². The van der Waals surface area contributed by atoms with Gasteiger partial charge in [-0.1, -0.05) is 6.07 Å². The summed E-state index contributed by atoms with van der Waals surface area (Å²) in [7, 11) is 0. The Balaban J connectivity index is 1.52. The second kappa shape index (κ2) is 7.03. The van der Waals surface area contributed by atoms with E-state index in [-0.39, 0.29) is 6.10 Å². The highest BCUT2D eigenvalue weighted by Crippen LogP contribution is 2.30. The Morgan fingerprint density at radius 3 is 2.95 bits per heavy atom. The normalized spacial score (nSPS) is 26.9. The minimum absolute atomic E-state index is 0.270. The number of likely N-dealkylation sites (tertiary alicyclic amines) is 1. The number of hydrogen-bond acceptors (Lipinski definition) is 4. The van der Waals surface area contributed by atoms with E-state index in [4.69, 9.17) is 0 Å². The lowest BCUT2D eigenvalue weighted by molar-refractivity contribution is 0.111. The zero-order valence-electron chi connectivity index (χ0n) is 12.1. The molecule has 2 N–H and O–H groups in total. The Hall–Kier alpha value is -0.420. The molecule has 1 aromatic heterocycles. The van der Waals surface area contributed by atoms with Crippen LogP contribution in [0.5, 0.6) is 0 Å². The van der Waals surface area contributed by atoms with Crippen molar-refractivity contribution in [1.29, 1.82) is 0 Å². The maximum Gasteiger partial charge on any atom is 0.0896 e. The van der Waals surface area contributed by atoms with Crippen LogP contribution < -0.4 is 5.32 Å². The lowest BCUT2D eigenvalue weighted by Gasteiger charge is -2.32. The average molecular weight is 294 g/mol. The maximum atomic E-state index is 10.4. The number of nitrogens with one attached hydrogen (secondary N) is 1. The monoisotopic (exact) mass is 294 g/mol. The minimum atomic E-state index is -0.270. The summed E-state index contributed by atoms with van der Waals surface area (Å²) in [5, 5.41) is 15.9. The van der Waals surface area contributed by atoms with E-state index in [0.29, 0.717) is 6.04 Å². The van der Waals surface area contributed by atoms with Crippen LogP contribution in [0.3, 0.4) is 0 Å². The molecule has 0 spiro atoms. The predicted octanol–water partition coefficient (Wildman–Crippen LogP) is 2.64. The van der Waals surface area contributed by atoms with Crippen LogP contribution in [0.25, 0.3) is 0 Å². The third-order valence-electron chi connectivity index (χ3n) is 4.82. The van der Waals surface area contributed by atoms with Gasteiger partial charge in [0, 0.05) is 17.5 Å². The Bertz CT molecular complexity index is 389. The fourth-order valence-electron chi connectivity index (χ4n) is 3.65. The van der Waals surface area contributed by atoms with Crippen molar-refractivity contribution < 1.29 is 5.11 Å². The zero-order chi connectivity index (χ0) is 13.8. The van der Waals surface area contributed by atoms with Gasteiger partial charge in [0.05, 0.1) is 6.10 Å². The summed E-state index contributed by atoms with van der Waals surface area (Å²) in [6.07, 6.45) is 5.83. The van der Waals surface area contributed by atoms with Gasteiger partial charge >= 0.3 is 0 Å². The molecule has 2 aliphatic rings. The number of piperidine rings is 1. The maximum absolute atomic E-state index is 10.4. The fraction of sp³-hybridized carbons (Fsp3) is 0.750. The Labute approximate surface area is 126 Å². The second-order valence-electron chi connectivity index (χ2n) is 6.25. The molecule has 0 aliphatic carbocycles. The van der Waals surface area contributed by atoms with Gasteiger partial charge in [0.1, 0.15) is 0 Å². The molecule has 2 aliphatic heterocycles. The van der Waals surface area contributed by atoms with Crippen molar-refractivity contribution in [2.24, 2.45) is 5.92 Å². The lowest BCUT2D eigenvalue weighted by Crippen LogP contribution is -2.39. The van der Waals surface area contributed by atoms with Gasteiger partial charge in [-0.2, -0.15) is 0 Å². The zero-order valence-corrected chi connectivity index (χ0v) is 12.9. The molecule has 3 rings (SSSR count). The van der Waals surface area contributed by atoms with Crippen LogP contribution in [0, 0.1) is 5.92 Å². The van der Waals surface area contributed by atoms with Gasteiger partial charge in [-0.25, -0.2) is 0 Å². The molecule has 112 valence electrons. The largest absolute Gasteiger partial charge is 0.388 e. The summed E-state index contributed by atoms with van der Waals surface area (Å²) in [5.74, 6) is 0.857. The molecule has 0 aromatic carbocycles. The molecule has 2 atom stereocenters. The predicted molar refractivity (Wildman–Crippen MR) is 84.1 cm³/mol. The summed E-state index contributed by atoms with van der Waals surface area (Å²) >= 11 is 1.67. The Morgan fingerprint density at radius 1 is 1.35 bits per heavy atom. The first kappa shape index (κ1) is 14.5. The van der Waals surface area contributed by atoms with Crippen molar-refractivity contribution >= 4 is 11.3 Å². The van der Waals surface area contributed by atoms with Gasteiger partial charge < -0.3 is 10.4 Å². The second-order valence-corrected chi connectivity index (χ2v) is 7.23. The topological polar surface area (TPSA) is 35.5 Å². The van der Waals surface area contributed by atoms with Crippen LogP contribution in [0.15, 0.2) is 17.5 Å². The molecule has 3 nitrogen and oxygen atoms in total. The SMILES string of the molecule is OC(CC1CCCN1CC1CCNCC1)c1cccs1. The van der Waals surface area contributed by atoms with E-state index >= 15 is 0 Å². The van der Waals surface area contributed by atoms with Crippen LogP contribution in [-0.4, -0.2) is 42.2 Å². The van der Waals surface area contributed by atoms with Crippen LogP contribution in [0.4, 0.5) is 0 Å². The molecule has 0 saturated carbocycles. The molecule has 2 fully saturated rings. The van der Waals surface area contributed by atoms with Gasteiger partial charge in [-0.05, 0) is 69.1 Å². The van der Waals surface area contributed by atoms with Gasteiger partial charge in [0.2, 0.25) is 0 Å². The van der Waals surface area contributed by atoms with Crippen LogP contribution in [0.1, 0.15) is 43.1 Å². The molecule has 2 saturated heterocycles. The first-order valence-electron chi connectivity index (χ1n) is 7.99. The van der Waals surface area contributed by atoms with Crippen molar-refractivity contribution in [2.45, 2.75) is 44.2 Å². The summed E-state index contributed by atoms with van der Waals surface area (Å²) in [4.78, 5) is 3.77. The minimum Gasteiger partial charge on any atom is -0.388 e. The van der Waals surface area contributed by atoms with Crippen LogP contribution in [0.2, 0.25) is 0 Å². The lowest BCUT2D eigenvalue weighted by atomic mass is 9.96. The van der Waals surface area contributed by atoms with Crippen LogP contribution >= 0.6 is 11.3 Å². The molecule has 3 heterocycles. The van der Waals surface area contributed by atoms with Gasteiger partial charge in [0.25, 0.3) is 0 Å². The van der Waals surface area contributed by atoms with Crippen molar-refractivity contribution in [1.82, 2.24) is 10.2 Å². The number of thiophene rings is 1. The first-order valence-corrected chi connectivity index (χ1v) is 8.87. The van der Waals surface area contributed by atoms with Crippen molar-refractivity contribution in [3.05, 3.63) is 22.4 Å². The van der Waals surface area contributed by atoms with Crippen molar-refractivity contribution in [2.75, 3.05) is 26.2 Å². The van der Waals surface area contributed by atoms with Gasteiger partial charge in [-0.3, -0.25) is 4.90 Å². The van der Waals surface area contributed by atoms with E-state index in [0.717, 1.165) is 17.2 Å². The number of nitrogens with zero attached hydrogens (tertiary/aromatic N) is 1. The number of aliphatic hydroxyl groups is 1. The molecule has 0 bridgehead atoms. The van der Waals surface area contributed by atoms with E-state index in [1.54, 1.807) is 11.3 Å². The molecule has 1 aromatic rings. The highest BCUT2D eigenvalue weighted by Gasteiger charge is 2.29. The van der Waals surface area contributed by atoms with E-state index in [9.17, 15) is 5.11 Å². The Kier molecular flexibility index (Phi) is 5.10. The van der Waals surface area contributed by atoms with Gasteiger partial charge in [0.15, 0.2) is 0 Å². The van der Waals surface area contributed by atoms with E-state index in [1.807, 2.05) is 6.07 Å². The van der Waals surface area contributed by atoms with Crippen molar-refractivity contribution in [3.63, 3.8) is 0 Å². The number of aliphatic hydroxyl groups excluding tert-OH is 1. The highest BCUT2D eigenvalue weighted by molar-refractivity contribution is 7.10. The van der Waals surface area contributed by atoms with Gasteiger partial charge in [-0.15, -0.1) is 11.3 Å². The smallest absolute Gasteiger partial charge is 0.0896 e. The molecule has 4 heteroatoms. The van der Waals surface area contributed by atoms with E-state index in [2.05, 4.69) is 21.7 Å². The molecule has 0 amide bonds. The third kappa shape index (κ3) is 3.61. The molecule has 2 unspecified atom stereocenters. The quantitative estimate of drug-likeness (QED) is 0.876. The molecular weight excluding hydrogens is 268 g/mol. The summed E-state index contributed by atoms with van der Waals surface area (Å²) < 4.78 is 0. The van der Waals surface area contributed by atoms with E-state index < -0.39 is 0 Å². The van der Waals surface area contributed by atoms with Crippen molar-refractivity contribution in [3.8, 4) is 0 Å². The third-order valence-corrected chi connectivity index (χ3v) is 5.79. The Morgan fingerprint density at radius 2 is 2.20 bits per heavy atom. The number of rotatable bonds is 5. The van der Waals surface area contributed by atoms with Crippen LogP contribution in [-0.2, 0) is 0 Å². The summed E-state index contributed by atoms with van der Waals surface area (Å²) in [6.45, 7) is 4.83. The summed E-state index contributed by atoms with van der Waals surface area (Å²) in [6, 6.07) is 4.67. The number of hydrogen-bond donors (Lipinski definition) is 2. The summed E-state index contributed by atoms with van der Waals surface area (Å²) in [5.41, 5.74) is 0. The molecular formula is C16H26N2OS.